The Morgan fingerprint density at radius 3 is 0.706 bits per heavy atom. The summed E-state index contributed by atoms with van der Waals surface area (Å²) in [6.07, 6.45) is 35.6. The molecule has 0 saturated heterocycles. The smallest absolute Gasteiger partial charge is 0.870 e. The fourth-order valence-electron chi connectivity index (χ4n) is 2.75. The molecule has 51 heavy (non-hydrogen) atoms. The molecule has 0 rings (SSSR count). The minimum absolute atomic E-state index is 0. The molecule has 0 saturated carbocycles. The summed E-state index contributed by atoms with van der Waals surface area (Å²) in [4.78, 5) is 42.6. The molecule has 0 aliphatic carbocycles. The van der Waals surface area contributed by atoms with Gasteiger partial charge in [0.2, 0.25) is 0 Å². The number of rotatable bonds is 16. The van der Waals surface area contributed by atoms with Gasteiger partial charge in [0.1, 0.15) is 0 Å². The van der Waals surface area contributed by atoms with Crippen LogP contribution in [0, 0.1) is 0 Å². The summed E-state index contributed by atoms with van der Waals surface area (Å²) in [7, 11) is 0. The summed E-state index contributed by atoms with van der Waals surface area (Å²) in [5.41, 5.74) is 5.23. The van der Waals surface area contributed by atoms with E-state index in [1.165, 1.54) is 39.0 Å². The van der Waals surface area contributed by atoms with Crippen molar-refractivity contribution in [3.05, 3.63) is 166 Å². The fraction of sp³-hybridized carbons (Fsp3) is 0.220. The monoisotopic (exact) mass is 748 g/mol. The van der Waals surface area contributed by atoms with Gasteiger partial charge in [0.05, 0.1) is 17.9 Å². The van der Waals surface area contributed by atoms with Gasteiger partial charge in [-0.05, 0) is 84.6 Å². The Labute approximate surface area is 363 Å². The van der Waals surface area contributed by atoms with Crippen molar-refractivity contribution < 1.29 is 40.0 Å². The number of carboxylic acid groups (broad SMARTS) is 3. The van der Waals surface area contributed by atoms with Gasteiger partial charge in [0, 0.05) is 0 Å². The molecule has 0 radical (unpaired) electrons. The SMILES string of the molecule is CC(/C=C/C=C(\C)C(=O)[O-])=C\C=C\C=C(C)\C=C\C=C(/C)C(=O)[O-].CC(=O)/C(C)=C/C=C/C(C)=C/C=C/C=C(C)/C=C/C=C(\C)C(=O)[O-].[Ca+2].[Ca+2].[OH-]. The molecule has 0 aliphatic rings. The van der Waals surface area contributed by atoms with E-state index in [4.69, 9.17) is 0 Å². The van der Waals surface area contributed by atoms with E-state index in [0.717, 1.165) is 27.9 Å². The van der Waals surface area contributed by atoms with Gasteiger partial charge in [0.25, 0.3) is 0 Å². The molecule has 0 unspecified atom stereocenters. The first-order chi connectivity index (χ1) is 22.5. The first-order valence-electron chi connectivity index (χ1n) is 15.1. The van der Waals surface area contributed by atoms with Crippen LogP contribution in [0.1, 0.15) is 62.3 Å². The summed E-state index contributed by atoms with van der Waals surface area (Å²) in [5, 5.41) is 31.5. The minimum atomic E-state index is -1.18. The van der Waals surface area contributed by atoms with Gasteiger partial charge in [-0.3, -0.25) is 4.79 Å². The van der Waals surface area contributed by atoms with E-state index < -0.39 is 17.9 Å². The van der Waals surface area contributed by atoms with Gasteiger partial charge < -0.3 is 35.2 Å². The van der Waals surface area contributed by atoms with E-state index >= 15 is 0 Å². The van der Waals surface area contributed by atoms with Crippen molar-refractivity contribution in [3.8, 4) is 0 Å². The van der Waals surface area contributed by atoms with E-state index in [1.807, 2.05) is 94.5 Å². The van der Waals surface area contributed by atoms with Crippen LogP contribution in [0.2, 0.25) is 0 Å². The summed E-state index contributed by atoms with van der Waals surface area (Å²) in [6.45, 7) is 15.5. The quantitative estimate of drug-likeness (QED) is 0.124. The number of hydrogen-bond donors (Lipinski definition) is 0. The van der Waals surface area contributed by atoms with Crippen molar-refractivity contribution in [2.75, 3.05) is 0 Å². The van der Waals surface area contributed by atoms with Crippen LogP contribution in [0.4, 0.5) is 0 Å². The molecule has 0 bridgehead atoms. The normalized spacial score (nSPS) is 14.1. The summed E-state index contributed by atoms with van der Waals surface area (Å²) >= 11 is 0. The van der Waals surface area contributed by atoms with Crippen LogP contribution in [0.3, 0.4) is 0 Å². The largest absolute Gasteiger partial charge is 2.00 e. The molecule has 10 heteroatoms. The van der Waals surface area contributed by atoms with Crippen molar-refractivity contribution in [1.82, 2.24) is 0 Å². The van der Waals surface area contributed by atoms with Crippen LogP contribution in [0.15, 0.2) is 166 Å². The second kappa shape index (κ2) is 35.3. The maximum absolute atomic E-state index is 11.1. The Balaban J connectivity index is -0.000000261. The predicted octanol–water partition coefficient (Wildman–Crippen LogP) is 4.78. The zero-order valence-corrected chi connectivity index (χ0v) is 35.7. The van der Waals surface area contributed by atoms with E-state index in [2.05, 4.69) is 0 Å². The van der Waals surface area contributed by atoms with Crippen LogP contribution in [0.25, 0.3) is 0 Å². The van der Waals surface area contributed by atoms with E-state index in [9.17, 15) is 34.5 Å². The first kappa shape index (κ1) is 57.3. The Kier molecular flexibility index (Phi) is 39.7. The number of hydrogen-bond acceptors (Lipinski definition) is 8. The van der Waals surface area contributed by atoms with Gasteiger partial charge in [-0.15, -0.1) is 0 Å². The first-order valence-corrected chi connectivity index (χ1v) is 15.1. The van der Waals surface area contributed by atoms with Gasteiger partial charge in [-0.1, -0.05) is 144 Å². The van der Waals surface area contributed by atoms with Gasteiger partial charge >= 0.3 is 75.5 Å². The Bertz CT molecular complexity index is 1350. The molecule has 0 fully saturated rings. The molecule has 0 aromatic heterocycles. The zero-order valence-electron chi connectivity index (χ0n) is 31.3. The molecule has 1 N–H and O–H groups in total. The van der Waals surface area contributed by atoms with E-state index in [-0.39, 0.29) is 103 Å². The topological polar surface area (TPSA) is 167 Å². The molecule has 0 atom stereocenters. The standard InChI is InChI=1S/C21H26O3.C20H24O4.2Ca.H2O/c1-16(12-8-14-18(3)20(5)22)10-6-7-11-17(2)13-9-15-19(4)21(23)24;1-15(11-7-13-17(3)19(21)22)9-5-6-10-16(2)12-8-14-18(4)20(23)24;;;/h6-15H,1-5H3,(H,23,24);5-14H,1-4H3,(H,21,22)(H,23,24);;;1H2/q;;2*+2;/p-4/b7-6+,12-8+,13-9+,16-10+,17-11+,18-14+,19-15+;6-5+,11-7+,12-8+,15-9+,16-10+,17-13+,18-14+;;;. The Morgan fingerprint density at radius 2 is 0.529 bits per heavy atom. The third-order valence-electron chi connectivity index (χ3n) is 6.00. The Hall–Kier alpha value is -3.08. The second-order valence-electron chi connectivity index (χ2n) is 10.7. The molecule has 264 valence electrons. The molecule has 0 aromatic carbocycles. The van der Waals surface area contributed by atoms with Crippen LogP contribution < -0.4 is 15.3 Å². The average molecular weight is 749 g/mol. The number of carbonyl (C=O) groups is 4. The van der Waals surface area contributed by atoms with Crippen molar-refractivity contribution >= 4 is 99.2 Å². The third-order valence-corrected chi connectivity index (χ3v) is 6.00. The van der Waals surface area contributed by atoms with E-state index in [1.54, 1.807) is 50.3 Å². The molecule has 0 spiro atoms. The zero-order chi connectivity index (χ0) is 37.1. The summed E-state index contributed by atoms with van der Waals surface area (Å²) < 4.78 is 0. The number of Topliss-reactive ketones (excluding diaryl/α,β-unsaturated/α-hetero) is 1. The van der Waals surface area contributed by atoms with Gasteiger partial charge in [-0.25, -0.2) is 0 Å². The van der Waals surface area contributed by atoms with E-state index in [0.29, 0.717) is 0 Å². The number of aliphatic carboxylic acids is 3. The molecule has 0 aliphatic heterocycles. The van der Waals surface area contributed by atoms with Crippen LogP contribution in [-0.4, -0.2) is 105 Å². The number of carboxylic acids is 3. The van der Waals surface area contributed by atoms with Crippen LogP contribution in [-0.2, 0) is 19.2 Å². The van der Waals surface area contributed by atoms with Crippen molar-refractivity contribution in [3.63, 3.8) is 0 Å². The van der Waals surface area contributed by atoms with Crippen molar-refractivity contribution in [2.45, 2.75) is 62.3 Å². The number of allylic oxidation sites excluding steroid dienone is 25. The van der Waals surface area contributed by atoms with Crippen LogP contribution >= 0.6 is 0 Å². The average Bonchev–Trinajstić information content (AvgIpc) is 3.01. The molecule has 0 amide bonds. The summed E-state index contributed by atoms with van der Waals surface area (Å²) in [5.74, 6) is -3.46. The number of carbonyl (C=O) groups excluding carboxylic acids is 4. The second-order valence-corrected chi connectivity index (χ2v) is 10.7. The predicted molar refractivity (Wildman–Crippen MR) is 204 cm³/mol. The Morgan fingerprint density at radius 1 is 0.333 bits per heavy atom. The maximum Gasteiger partial charge on any atom is 2.00 e. The minimum Gasteiger partial charge on any atom is -0.870 e. The van der Waals surface area contributed by atoms with Gasteiger partial charge in [0.15, 0.2) is 5.78 Å². The molecular formula is C41H48Ca2O8. The van der Waals surface area contributed by atoms with Gasteiger partial charge in [-0.2, -0.15) is 0 Å². The molecular weight excluding hydrogens is 701 g/mol. The van der Waals surface area contributed by atoms with Crippen molar-refractivity contribution in [2.24, 2.45) is 0 Å². The summed E-state index contributed by atoms with van der Waals surface area (Å²) in [6, 6.07) is 0. The molecule has 0 heterocycles. The third kappa shape index (κ3) is 36.5. The number of ketones is 1. The maximum atomic E-state index is 11.1. The fourth-order valence-corrected chi connectivity index (χ4v) is 2.75. The van der Waals surface area contributed by atoms with Crippen molar-refractivity contribution in [1.29, 1.82) is 0 Å². The molecule has 8 nitrogen and oxygen atoms in total. The van der Waals surface area contributed by atoms with Crippen LogP contribution in [0.5, 0.6) is 0 Å². The molecule has 0 aromatic rings.